The van der Waals surface area contributed by atoms with E-state index in [0.29, 0.717) is 35.1 Å². The number of benzene rings is 6. The van der Waals surface area contributed by atoms with Crippen molar-refractivity contribution < 1.29 is 53.7 Å². The van der Waals surface area contributed by atoms with Gasteiger partial charge in [-0.25, -0.2) is 4.79 Å². The predicted molar refractivity (Wildman–Crippen MR) is 297 cm³/mol. The van der Waals surface area contributed by atoms with E-state index >= 15 is 0 Å². The highest BCUT2D eigenvalue weighted by molar-refractivity contribution is 5.99. The molecule has 1 aliphatic carbocycles. The Hall–Kier alpha value is -9.78. The fraction of sp³-hybridized carbons (Fsp3) is 0.246. The number of hydrogen-bond acceptors (Lipinski definition) is 10. The van der Waals surface area contributed by atoms with Gasteiger partial charge in [-0.3, -0.25) is 33.6 Å². The molecule has 6 atom stereocenters. The normalized spacial score (nSPS) is 14.2. The zero-order valence-electron chi connectivity index (χ0n) is 43.7. The monoisotopic (exact) mass is 1080 g/mol. The highest BCUT2D eigenvalue weighted by Gasteiger charge is 2.39. The van der Waals surface area contributed by atoms with Crippen LogP contribution >= 0.6 is 0 Å². The number of primary amides is 1. The average Bonchev–Trinajstić information content (AvgIpc) is 3.86. The Kier molecular flexibility index (Phi) is 18.4. The first-order chi connectivity index (χ1) is 38.5. The molecule has 1 aromatic heterocycles. The van der Waals surface area contributed by atoms with Crippen molar-refractivity contribution in [3.8, 4) is 11.5 Å². The van der Waals surface area contributed by atoms with Gasteiger partial charge in [0.05, 0.1) is 6.42 Å². The molecular weight excluding hydrogens is 1020 g/mol. The Morgan fingerprint density at radius 2 is 0.925 bits per heavy atom. The largest absolute Gasteiger partial charge is 0.508 e. The Morgan fingerprint density at radius 3 is 1.43 bits per heavy atom. The van der Waals surface area contributed by atoms with Crippen molar-refractivity contribution in [2.45, 2.75) is 94.0 Å². The summed E-state index contributed by atoms with van der Waals surface area (Å²) in [6.45, 7) is 1.29. The van der Waals surface area contributed by atoms with Crippen LogP contribution in [0.15, 0.2) is 158 Å². The van der Waals surface area contributed by atoms with Gasteiger partial charge in [-0.05, 0) is 87.7 Å². The molecule has 7 amide bonds. The number of para-hydroxylation sites is 1. The second kappa shape index (κ2) is 26.0. The summed E-state index contributed by atoms with van der Waals surface area (Å²) >= 11 is 0. The molecule has 80 heavy (non-hydrogen) atoms. The van der Waals surface area contributed by atoms with Gasteiger partial charge in [0.1, 0.15) is 47.8 Å². The zero-order valence-corrected chi connectivity index (χ0v) is 43.7. The number of carbonyl (C=O) groups is 8. The summed E-state index contributed by atoms with van der Waals surface area (Å²) in [5.74, 6) is -8.27. The van der Waals surface area contributed by atoms with Crippen molar-refractivity contribution in [2.75, 3.05) is 0 Å². The summed E-state index contributed by atoms with van der Waals surface area (Å²) in [7, 11) is 0. The molecule has 0 radical (unpaired) electrons. The quantitative estimate of drug-likeness (QED) is 0.0439. The number of carboxylic acid groups (broad SMARTS) is 1. The van der Waals surface area contributed by atoms with E-state index in [4.69, 9.17) is 5.73 Å². The van der Waals surface area contributed by atoms with Gasteiger partial charge in [0, 0.05) is 55.6 Å². The van der Waals surface area contributed by atoms with E-state index in [1.54, 1.807) is 48.7 Å². The summed E-state index contributed by atoms with van der Waals surface area (Å²) in [4.78, 5) is 115. The van der Waals surface area contributed by atoms with E-state index in [1.807, 2.05) is 60.7 Å². The number of carbonyl (C=O) groups excluding carboxylic acids is 7. The molecule has 8 rings (SSSR count). The fourth-order valence-corrected chi connectivity index (χ4v) is 10.1. The highest BCUT2D eigenvalue weighted by Crippen LogP contribution is 2.37. The minimum absolute atomic E-state index is 0.0761. The highest BCUT2D eigenvalue weighted by atomic mass is 16.4. The van der Waals surface area contributed by atoms with Gasteiger partial charge in [-0.2, -0.15) is 0 Å². The lowest BCUT2D eigenvalue weighted by atomic mass is 9.82. The Labute approximate surface area is 460 Å². The maximum atomic E-state index is 14.9. The van der Waals surface area contributed by atoms with Crippen LogP contribution in [0, 0.1) is 0 Å². The second-order valence-electron chi connectivity index (χ2n) is 19.9. The topological polar surface area (TPSA) is 311 Å². The number of aromatic amines is 1. The number of aliphatic carboxylic acids is 1. The summed E-state index contributed by atoms with van der Waals surface area (Å²) in [5, 5.41) is 47.4. The molecule has 19 heteroatoms. The molecule has 1 aliphatic rings. The van der Waals surface area contributed by atoms with Crippen molar-refractivity contribution in [1.82, 2.24) is 36.9 Å². The molecule has 0 bridgehead atoms. The summed E-state index contributed by atoms with van der Waals surface area (Å²) in [5.41, 5.74) is 12.1. The zero-order chi connectivity index (χ0) is 56.9. The number of aromatic nitrogens is 1. The lowest BCUT2D eigenvalue weighted by Crippen LogP contribution is -2.61. The van der Waals surface area contributed by atoms with Crippen LogP contribution in [0.5, 0.6) is 11.5 Å². The van der Waals surface area contributed by atoms with Crippen LogP contribution in [0.25, 0.3) is 10.9 Å². The number of amides is 7. The number of H-pyrrole nitrogens is 1. The Morgan fingerprint density at radius 1 is 0.500 bits per heavy atom. The van der Waals surface area contributed by atoms with Crippen LogP contribution in [0.3, 0.4) is 0 Å². The average molecular weight is 1080 g/mol. The lowest BCUT2D eigenvalue weighted by Gasteiger charge is -2.31. The number of nitrogens with two attached hydrogens (primary N) is 1. The van der Waals surface area contributed by atoms with Crippen LogP contribution in [0.2, 0.25) is 0 Å². The maximum Gasteiger partial charge on any atom is 0.326 e. The van der Waals surface area contributed by atoms with Gasteiger partial charge >= 0.3 is 5.97 Å². The molecule has 0 unspecified atom stereocenters. The van der Waals surface area contributed by atoms with E-state index in [1.165, 1.54) is 55.5 Å². The molecule has 0 saturated carbocycles. The number of rotatable bonds is 23. The van der Waals surface area contributed by atoms with Gasteiger partial charge in [-0.1, -0.05) is 121 Å². The standard InChI is InChI=1S/C61H62N8O11/c1-35(70)64-55(54-45-16-7-5-13-39(45)23-24-40-14-6-8-17-46(40)54)60(78)68-50(29-36-11-3-2-4-12-36)57(75)67-51(33-53(62)73)59(77)66-48(30-37-19-25-42(71)26-20-37)56(74)65-49(31-38-21-27-43(72)28-22-38)58(76)69-52(61(79)80)32-41-34-63-47-18-10-9-15-44(41)47/h2-22,25-28,34,48-52,54-55,63,71-72H,23-24,29-33H2,1H3,(H2,62,73)(H,64,70)(H,65,74)(H,66,77)(H,67,75)(H,68,78)(H,69,76)(H,79,80)/t48-,49-,50-,51-,52-,55+/m0/s1. The Balaban J connectivity index is 1.07. The third kappa shape index (κ3) is 14.6. The first-order valence-electron chi connectivity index (χ1n) is 26.1. The lowest BCUT2D eigenvalue weighted by molar-refractivity contribution is -0.142. The molecule has 0 saturated heterocycles. The molecule has 19 nitrogen and oxygen atoms in total. The minimum Gasteiger partial charge on any atom is -0.508 e. The minimum atomic E-state index is -1.76. The van der Waals surface area contributed by atoms with Gasteiger partial charge in [0.15, 0.2) is 0 Å². The van der Waals surface area contributed by atoms with E-state index in [0.717, 1.165) is 33.2 Å². The fourth-order valence-electron chi connectivity index (χ4n) is 10.1. The molecular formula is C61H62N8O11. The summed E-state index contributed by atoms with van der Waals surface area (Å²) in [6.07, 6.45) is 1.48. The molecule has 0 aliphatic heterocycles. The van der Waals surface area contributed by atoms with Gasteiger partial charge in [0.2, 0.25) is 41.4 Å². The van der Waals surface area contributed by atoms with Gasteiger partial charge in [0.25, 0.3) is 0 Å². The summed E-state index contributed by atoms with van der Waals surface area (Å²) < 4.78 is 0. The van der Waals surface area contributed by atoms with Crippen LogP contribution in [0.1, 0.15) is 63.8 Å². The maximum absolute atomic E-state index is 14.9. The van der Waals surface area contributed by atoms with Gasteiger partial charge in [-0.15, -0.1) is 0 Å². The first-order valence-corrected chi connectivity index (χ1v) is 26.1. The molecule has 1 heterocycles. The van der Waals surface area contributed by atoms with Crippen molar-refractivity contribution in [1.29, 1.82) is 0 Å². The predicted octanol–water partition coefficient (Wildman–Crippen LogP) is 3.67. The number of phenols is 2. The van der Waals surface area contributed by atoms with Gasteiger partial charge < -0.3 is 57.9 Å². The SMILES string of the molecule is CC(=O)N[C@@H](C(=O)N[C@@H](Cc1ccccc1)C(=O)N[C@@H](CC(N)=O)C(=O)N[C@@H](Cc1ccc(O)cc1)C(=O)N[C@@H](Cc1ccc(O)cc1)C(=O)N[C@@H](Cc1c[nH]c2ccccc12)C(=O)O)C1c2ccccc2CCc2ccccc21. The van der Waals surface area contributed by atoms with Crippen molar-refractivity contribution in [3.05, 3.63) is 202 Å². The van der Waals surface area contributed by atoms with E-state index in [9.17, 15) is 53.7 Å². The summed E-state index contributed by atoms with van der Waals surface area (Å²) in [6, 6.07) is 33.8. The second-order valence-corrected chi connectivity index (χ2v) is 19.9. The third-order valence-electron chi connectivity index (χ3n) is 14.1. The molecule has 12 N–H and O–H groups in total. The molecule has 412 valence electrons. The smallest absolute Gasteiger partial charge is 0.326 e. The molecule has 6 aromatic carbocycles. The van der Waals surface area contributed by atoms with Crippen LogP contribution in [-0.2, 0) is 76.9 Å². The first kappa shape index (κ1) is 56.4. The number of nitrogens with one attached hydrogen (secondary N) is 7. The van der Waals surface area contributed by atoms with E-state index in [2.05, 4.69) is 36.9 Å². The van der Waals surface area contributed by atoms with E-state index in [-0.39, 0.29) is 37.2 Å². The molecule has 0 spiro atoms. The Bertz CT molecular complexity index is 3340. The number of fused-ring (bicyclic) bond motifs is 3. The molecule has 0 fully saturated rings. The number of phenolic OH excluding ortho intramolecular Hbond substituents is 2. The number of aromatic hydroxyl groups is 2. The van der Waals surface area contributed by atoms with Crippen molar-refractivity contribution in [2.24, 2.45) is 5.73 Å². The van der Waals surface area contributed by atoms with E-state index < -0.39 is 95.9 Å². The van der Waals surface area contributed by atoms with Crippen LogP contribution in [-0.4, -0.2) is 104 Å². The van der Waals surface area contributed by atoms with Crippen molar-refractivity contribution in [3.63, 3.8) is 0 Å². The van der Waals surface area contributed by atoms with Crippen LogP contribution < -0.4 is 37.6 Å². The third-order valence-corrected chi connectivity index (χ3v) is 14.1. The van der Waals surface area contributed by atoms with Crippen molar-refractivity contribution >= 4 is 58.2 Å². The number of aryl methyl sites for hydroxylation is 2. The number of carboxylic acids is 1. The number of hydrogen-bond donors (Lipinski definition) is 11. The molecule has 7 aromatic rings. The van der Waals surface area contributed by atoms with Crippen LogP contribution in [0.4, 0.5) is 0 Å².